The quantitative estimate of drug-likeness (QED) is 0.379. The van der Waals surface area contributed by atoms with E-state index in [0.717, 1.165) is 15.6 Å². The highest BCUT2D eigenvalue weighted by molar-refractivity contribution is 7.94. The molecule has 0 saturated carbocycles. The van der Waals surface area contributed by atoms with Gasteiger partial charge in [-0.05, 0) is 30.5 Å². The predicted octanol–water partition coefficient (Wildman–Crippen LogP) is 1.82. The van der Waals surface area contributed by atoms with Crippen LogP contribution in [0.4, 0.5) is 5.69 Å². The first-order valence-corrected chi connectivity index (χ1v) is 15.9. The smallest absolute Gasteiger partial charge is 0.271 e. The van der Waals surface area contributed by atoms with Gasteiger partial charge in [-0.15, -0.1) is 11.3 Å². The number of hydrogen-bond donors (Lipinski definition) is 2. The van der Waals surface area contributed by atoms with Gasteiger partial charge in [0.05, 0.1) is 36.8 Å². The molecule has 39 heavy (non-hydrogen) atoms. The Morgan fingerprint density at radius 2 is 2.00 bits per heavy atom. The number of benzene rings is 1. The van der Waals surface area contributed by atoms with Crippen LogP contribution in [-0.4, -0.2) is 85.5 Å². The molecule has 1 aliphatic rings. The van der Waals surface area contributed by atoms with E-state index in [1.807, 2.05) is 0 Å². The number of thiophene rings is 1. The number of sulfonamides is 2. The largest absolute Gasteiger partial charge is 0.486 e. The predicted molar refractivity (Wildman–Crippen MR) is 146 cm³/mol. The SMILES string of the molecule is C[C@@H]1CN([C@@H](C)CO)C(=O)c2cccc(NS(=O)(=O)c3cccs3)c2O[C@H]1CN(C)S(=O)(=O)c1cn(C)cn1. The number of aliphatic hydroxyl groups excluding tert-OH is 1. The molecule has 12 nitrogen and oxygen atoms in total. The van der Waals surface area contributed by atoms with Crippen LogP contribution >= 0.6 is 11.3 Å². The topological polar surface area (TPSA) is 151 Å². The number of rotatable bonds is 9. The van der Waals surface area contributed by atoms with Gasteiger partial charge in [-0.25, -0.2) is 21.8 Å². The summed E-state index contributed by atoms with van der Waals surface area (Å²) in [5.41, 5.74) is 0.133. The minimum atomic E-state index is -3.98. The summed E-state index contributed by atoms with van der Waals surface area (Å²) in [5.74, 6) is -0.860. The lowest BCUT2D eigenvalue weighted by atomic mass is 9.99. The van der Waals surface area contributed by atoms with Crippen LogP contribution in [-0.2, 0) is 27.1 Å². The molecule has 0 bridgehead atoms. The third kappa shape index (κ3) is 5.96. The molecule has 1 aromatic carbocycles. The number of aryl methyl sites for hydroxylation is 1. The number of aromatic nitrogens is 2. The fourth-order valence-electron chi connectivity index (χ4n) is 4.19. The number of fused-ring (bicyclic) bond motifs is 1. The third-order valence-corrected chi connectivity index (χ3v) is 11.0. The van der Waals surface area contributed by atoms with Crippen molar-refractivity contribution in [2.24, 2.45) is 13.0 Å². The highest BCUT2D eigenvalue weighted by atomic mass is 32.2. The van der Waals surface area contributed by atoms with Crippen molar-refractivity contribution in [3.8, 4) is 5.75 Å². The van der Waals surface area contributed by atoms with E-state index < -0.39 is 44.0 Å². The van der Waals surface area contributed by atoms with Crippen molar-refractivity contribution in [2.45, 2.75) is 35.2 Å². The highest BCUT2D eigenvalue weighted by Crippen LogP contribution is 2.36. The number of aliphatic hydroxyl groups is 1. The van der Waals surface area contributed by atoms with Crippen molar-refractivity contribution in [3.05, 3.63) is 53.8 Å². The normalized spacial score (nSPS) is 19.2. The van der Waals surface area contributed by atoms with Crippen LogP contribution in [0, 0.1) is 5.92 Å². The Morgan fingerprint density at radius 3 is 2.62 bits per heavy atom. The Labute approximate surface area is 231 Å². The van der Waals surface area contributed by atoms with Crippen molar-refractivity contribution in [1.82, 2.24) is 18.8 Å². The molecule has 0 saturated heterocycles. The molecule has 0 aliphatic carbocycles. The van der Waals surface area contributed by atoms with Gasteiger partial charge in [-0.1, -0.05) is 19.1 Å². The Bertz CT molecular complexity index is 1540. The molecule has 0 spiro atoms. The van der Waals surface area contributed by atoms with E-state index in [-0.39, 0.29) is 45.9 Å². The Balaban J connectivity index is 1.76. The van der Waals surface area contributed by atoms with Crippen LogP contribution in [0.3, 0.4) is 0 Å². The molecule has 3 aromatic rings. The molecule has 0 unspecified atom stereocenters. The molecule has 4 rings (SSSR count). The third-order valence-electron chi connectivity index (χ3n) is 6.49. The van der Waals surface area contributed by atoms with Gasteiger partial charge >= 0.3 is 0 Å². The van der Waals surface area contributed by atoms with Gasteiger partial charge in [0.25, 0.3) is 26.0 Å². The first-order chi connectivity index (χ1) is 18.3. The van der Waals surface area contributed by atoms with Crippen molar-refractivity contribution in [3.63, 3.8) is 0 Å². The zero-order valence-corrected chi connectivity index (χ0v) is 24.3. The monoisotopic (exact) mass is 597 g/mol. The summed E-state index contributed by atoms with van der Waals surface area (Å²) in [4.78, 5) is 19.1. The number of nitrogens with zero attached hydrogens (tertiary/aromatic N) is 4. The molecule has 3 heterocycles. The Hall–Kier alpha value is -2.98. The van der Waals surface area contributed by atoms with Crippen LogP contribution in [0.15, 0.2) is 57.5 Å². The second-order valence-electron chi connectivity index (χ2n) is 9.51. The first kappa shape index (κ1) is 29.0. The molecule has 1 amide bonds. The number of anilines is 1. The summed E-state index contributed by atoms with van der Waals surface area (Å²) in [6, 6.07) is 7.05. The lowest BCUT2D eigenvalue weighted by Crippen LogP contribution is -2.50. The fourth-order valence-corrected chi connectivity index (χ4v) is 7.38. The molecule has 3 atom stereocenters. The van der Waals surface area contributed by atoms with Gasteiger partial charge < -0.3 is 19.3 Å². The molecule has 15 heteroatoms. The van der Waals surface area contributed by atoms with E-state index in [1.54, 1.807) is 32.3 Å². The van der Waals surface area contributed by atoms with Gasteiger partial charge in [0.15, 0.2) is 10.8 Å². The van der Waals surface area contributed by atoms with E-state index in [4.69, 9.17) is 4.74 Å². The maximum absolute atomic E-state index is 13.6. The number of likely N-dealkylation sites (N-methyl/N-ethyl adjacent to an activating group) is 1. The van der Waals surface area contributed by atoms with Crippen LogP contribution in [0.2, 0.25) is 0 Å². The molecule has 2 aromatic heterocycles. The number of para-hydroxylation sites is 1. The lowest BCUT2D eigenvalue weighted by molar-refractivity contribution is 0.0389. The second-order valence-corrected chi connectivity index (χ2v) is 14.4. The number of amides is 1. The molecule has 2 N–H and O–H groups in total. The minimum Gasteiger partial charge on any atom is -0.486 e. The molecule has 0 radical (unpaired) electrons. The number of ether oxygens (including phenoxy) is 1. The van der Waals surface area contributed by atoms with E-state index in [1.165, 1.54) is 53.3 Å². The van der Waals surface area contributed by atoms with Gasteiger partial charge in [0, 0.05) is 32.8 Å². The molecule has 1 aliphatic heterocycles. The van der Waals surface area contributed by atoms with Crippen LogP contribution in [0.5, 0.6) is 5.75 Å². The maximum atomic E-state index is 13.6. The number of carbonyl (C=O) groups is 1. The minimum absolute atomic E-state index is 0.0158. The number of hydrogen-bond acceptors (Lipinski definition) is 9. The van der Waals surface area contributed by atoms with Gasteiger partial charge in [0.2, 0.25) is 0 Å². The fraction of sp³-hybridized carbons (Fsp3) is 0.417. The summed E-state index contributed by atoms with van der Waals surface area (Å²) in [6.07, 6.45) is 1.99. The van der Waals surface area contributed by atoms with Crippen LogP contribution in [0.1, 0.15) is 24.2 Å². The zero-order valence-electron chi connectivity index (χ0n) is 21.9. The average Bonchev–Trinajstić information content (AvgIpc) is 3.59. The summed E-state index contributed by atoms with van der Waals surface area (Å²) in [6.45, 7) is 3.27. The summed E-state index contributed by atoms with van der Waals surface area (Å²) in [7, 11) is -4.87. The summed E-state index contributed by atoms with van der Waals surface area (Å²) < 4.78 is 64.0. The van der Waals surface area contributed by atoms with Crippen molar-refractivity contribution in [2.75, 3.05) is 31.5 Å². The van der Waals surface area contributed by atoms with Crippen molar-refractivity contribution < 1.29 is 31.5 Å². The second kappa shape index (κ2) is 11.3. The lowest BCUT2D eigenvalue weighted by Gasteiger charge is -2.38. The maximum Gasteiger partial charge on any atom is 0.271 e. The molecule has 212 valence electrons. The standard InChI is InChI=1S/C24H31N5O7S3/c1-16-11-29(17(2)14-30)24(31)18-7-5-8-19(26-38(32,33)22-9-6-10-37-22)23(18)36-20(16)12-28(4)39(34,35)21-13-27(3)15-25-21/h5-10,13,15-17,20,26,30H,11-12,14H2,1-4H3/t16-,17+,20+/m1/s1. The summed E-state index contributed by atoms with van der Waals surface area (Å²) >= 11 is 1.04. The van der Waals surface area contributed by atoms with Gasteiger partial charge in [-0.2, -0.15) is 4.31 Å². The number of nitrogens with one attached hydrogen (secondary N) is 1. The average molecular weight is 598 g/mol. The first-order valence-electron chi connectivity index (χ1n) is 12.1. The van der Waals surface area contributed by atoms with Gasteiger partial charge in [-0.3, -0.25) is 9.52 Å². The van der Waals surface area contributed by atoms with Gasteiger partial charge in [0.1, 0.15) is 10.3 Å². The Kier molecular flexibility index (Phi) is 8.37. The Morgan fingerprint density at radius 1 is 1.26 bits per heavy atom. The summed E-state index contributed by atoms with van der Waals surface area (Å²) in [5, 5.41) is 11.4. The number of carbonyl (C=O) groups excluding carboxylic acids is 1. The van der Waals surface area contributed by atoms with Crippen molar-refractivity contribution >= 4 is 43.0 Å². The van der Waals surface area contributed by atoms with E-state index >= 15 is 0 Å². The molecular weight excluding hydrogens is 566 g/mol. The van der Waals surface area contributed by atoms with E-state index in [2.05, 4.69) is 9.71 Å². The van der Waals surface area contributed by atoms with E-state index in [0.29, 0.717) is 0 Å². The molecular formula is C24H31N5O7S3. The van der Waals surface area contributed by atoms with E-state index in [9.17, 15) is 26.7 Å². The number of imidazole rings is 1. The van der Waals surface area contributed by atoms with Crippen LogP contribution in [0.25, 0.3) is 0 Å². The molecule has 0 fully saturated rings. The zero-order chi connectivity index (χ0) is 28.5. The highest BCUT2D eigenvalue weighted by Gasteiger charge is 2.37. The van der Waals surface area contributed by atoms with Crippen molar-refractivity contribution in [1.29, 1.82) is 0 Å². The van der Waals surface area contributed by atoms with Crippen LogP contribution < -0.4 is 9.46 Å².